The summed E-state index contributed by atoms with van der Waals surface area (Å²) in [7, 11) is 1.78. The number of carbonyl (C=O) groups excluding carboxylic acids is 1. The van der Waals surface area contributed by atoms with Crippen LogP contribution in [0.15, 0.2) is 4.99 Å². The predicted octanol–water partition coefficient (Wildman–Crippen LogP) is 1.99. The first kappa shape index (κ1) is 22.7. The number of ether oxygens (including phenoxy) is 3. The molecular weight excluding hydrogens is 360 g/mol. The number of guanidine groups is 1. The van der Waals surface area contributed by atoms with Gasteiger partial charge in [0.05, 0.1) is 12.7 Å². The van der Waals surface area contributed by atoms with Crippen LogP contribution in [0.3, 0.4) is 0 Å². The molecule has 2 saturated heterocycles. The summed E-state index contributed by atoms with van der Waals surface area (Å²) in [6.45, 7) is 11.1. The molecule has 2 rings (SSSR count). The maximum absolute atomic E-state index is 12.1. The standard InChI is InChI=1S/C20H38N4O4/c1-20(2,3)28-19(25)24-10-6-16(7-11-24)14-23-18(21-4)22-9-5-12-27-17-8-13-26-15-17/h16-17H,5-15H2,1-4H3,(H2,21,22,23). The molecule has 0 bridgehead atoms. The topological polar surface area (TPSA) is 84.4 Å². The molecule has 8 nitrogen and oxygen atoms in total. The Morgan fingerprint density at radius 1 is 1.21 bits per heavy atom. The van der Waals surface area contributed by atoms with Crippen molar-refractivity contribution >= 4 is 12.1 Å². The van der Waals surface area contributed by atoms with E-state index < -0.39 is 5.60 Å². The Hall–Kier alpha value is -1.54. The van der Waals surface area contributed by atoms with Gasteiger partial charge in [-0.05, 0) is 52.4 Å². The molecule has 1 unspecified atom stereocenters. The third-order valence-electron chi connectivity index (χ3n) is 4.90. The number of hydrogen-bond acceptors (Lipinski definition) is 5. The highest BCUT2D eigenvalue weighted by Crippen LogP contribution is 2.19. The van der Waals surface area contributed by atoms with Crippen LogP contribution in [0.4, 0.5) is 4.79 Å². The fourth-order valence-corrected chi connectivity index (χ4v) is 3.28. The van der Waals surface area contributed by atoms with Gasteiger partial charge in [0, 0.05) is 46.4 Å². The molecule has 0 aromatic heterocycles. The zero-order valence-corrected chi connectivity index (χ0v) is 18.0. The Balaban J connectivity index is 1.55. The summed E-state index contributed by atoms with van der Waals surface area (Å²) < 4.78 is 16.5. The Morgan fingerprint density at radius 2 is 1.96 bits per heavy atom. The molecule has 2 N–H and O–H groups in total. The molecule has 162 valence electrons. The lowest BCUT2D eigenvalue weighted by atomic mass is 9.97. The lowest BCUT2D eigenvalue weighted by Gasteiger charge is -2.33. The largest absolute Gasteiger partial charge is 0.444 e. The number of nitrogens with zero attached hydrogens (tertiary/aromatic N) is 2. The van der Waals surface area contributed by atoms with E-state index in [2.05, 4.69) is 15.6 Å². The highest BCUT2D eigenvalue weighted by Gasteiger charge is 2.26. The Bertz CT molecular complexity index is 493. The van der Waals surface area contributed by atoms with Crippen LogP contribution in [0.25, 0.3) is 0 Å². The molecule has 0 aromatic carbocycles. The number of rotatable bonds is 7. The lowest BCUT2D eigenvalue weighted by molar-refractivity contribution is 0.0185. The van der Waals surface area contributed by atoms with Crippen molar-refractivity contribution in [2.45, 2.75) is 58.2 Å². The number of aliphatic imine (C=N–C) groups is 1. The van der Waals surface area contributed by atoms with Gasteiger partial charge in [-0.1, -0.05) is 0 Å². The first-order chi connectivity index (χ1) is 13.4. The van der Waals surface area contributed by atoms with Gasteiger partial charge >= 0.3 is 6.09 Å². The van der Waals surface area contributed by atoms with Crippen molar-refractivity contribution in [3.63, 3.8) is 0 Å². The van der Waals surface area contributed by atoms with Gasteiger partial charge in [0.1, 0.15) is 5.60 Å². The highest BCUT2D eigenvalue weighted by atomic mass is 16.6. The second-order valence-electron chi connectivity index (χ2n) is 8.50. The van der Waals surface area contributed by atoms with Crippen LogP contribution in [0.5, 0.6) is 0 Å². The molecular formula is C20H38N4O4. The van der Waals surface area contributed by atoms with E-state index in [0.29, 0.717) is 5.92 Å². The molecule has 2 aliphatic rings. The third kappa shape index (κ3) is 8.65. The monoisotopic (exact) mass is 398 g/mol. The molecule has 0 saturated carbocycles. The molecule has 0 spiro atoms. The fraction of sp³-hybridized carbons (Fsp3) is 0.900. The summed E-state index contributed by atoms with van der Waals surface area (Å²) in [6.07, 6.45) is 3.95. The Labute approximate surface area is 169 Å². The number of nitrogens with one attached hydrogen (secondary N) is 2. The van der Waals surface area contributed by atoms with Crippen molar-refractivity contribution < 1.29 is 19.0 Å². The average molecular weight is 399 g/mol. The van der Waals surface area contributed by atoms with Crippen LogP contribution >= 0.6 is 0 Å². The summed E-state index contributed by atoms with van der Waals surface area (Å²) in [5, 5.41) is 6.73. The van der Waals surface area contributed by atoms with Crippen molar-refractivity contribution in [2.75, 3.05) is 53.0 Å². The van der Waals surface area contributed by atoms with E-state index in [1.165, 1.54) is 0 Å². The van der Waals surface area contributed by atoms with Crippen molar-refractivity contribution in [3.05, 3.63) is 0 Å². The van der Waals surface area contributed by atoms with E-state index in [-0.39, 0.29) is 12.2 Å². The van der Waals surface area contributed by atoms with Crippen LogP contribution in [0.1, 0.15) is 46.5 Å². The first-order valence-corrected chi connectivity index (χ1v) is 10.5. The van der Waals surface area contributed by atoms with E-state index in [1.807, 2.05) is 25.7 Å². The van der Waals surface area contributed by atoms with Crippen LogP contribution in [-0.2, 0) is 14.2 Å². The maximum atomic E-state index is 12.1. The summed E-state index contributed by atoms with van der Waals surface area (Å²) in [6, 6.07) is 0. The SMILES string of the molecule is CN=C(NCCCOC1CCOC1)NCC1CCN(C(=O)OC(C)(C)C)CC1. The fourth-order valence-electron chi connectivity index (χ4n) is 3.28. The minimum absolute atomic E-state index is 0.206. The first-order valence-electron chi connectivity index (χ1n) is 10.5. The number of amides is 1. The van der Waals surface area contributed by atoms with Gasteiger partial charge in [-0.2, -0.15) is 0 Å². The molecule has 1 amide bonds. The van der Waals surface area contributed by atoms with Crippen LogP contribution in [0.2, 0.25) is 0 Å². The van der Waals surface area contributed by atoms with Gasteiger partial charge in [-0.15, -0.1) is 0 Å². The van der Waals surface area contributed by atoms with Crippen molar-refractivity contribution in [1.29, 1.82) is 0 Å². The van der Waals surface area contributed by atoms with Gasteiger partial charge in [-0.3, -0.25) is 4.99 Å². The molecule has 8 heteroatoms. The molecule has 0 aliphatic carbocycles. The third-order valence-corrected chi connectivity index (χ3v) is 4.90. The zero-order chi connectivity index (χ0) is 20.4. The lowest BCUT2D eigenvalue weighted by Crippen LogP contribution is -2.45. The van der Waals surface area contributed by atoms with Crippen molar-refractivity contribution in [2.24, 2.45) is 10.9 Å². The van der Waals surface area contributed by atoms with Crippen molar-refractivity contribution in [3.8, 4) is 0 Å². The maximum Gasteiger partial charge on any atom is 0.410 e. The predicted molar refractivity (Wildman–Crippen MR) is 110 cm³/mol. The molecule has 2 heterocycles. The summed E-state index contributed by atoms with van der Waals surface area (Å²) in [5.41, 5.74) is -0.441. The van der Waals surface area contributed by atoms with E-state index in [1.54, 1.807) is 7.05 Å². The quantitative estimate of drug-likeness (QED) is 0.388. The van der Waals surface area contributed by atoms with Gasteiger partial charge in [0.25, 0.3) is 0 Å². The highest BCUT2D eigenvalue weighted by molar-refractivity contribution is 5.79. The minimum atomic E-state index is -0.441. The normalized spacial score (nSPS) is 21.6. The van der Waals surface area contributed by atoms with Crippen molar-refractivity contribution in [1.82, 2.24) is 15.5 Å². The second kappa shape index (κ2) is 11.5. The number of likely N-dealkylation sites (tertiary alicyclic amines) is 1. The Kier molecular flexibility index (Phi) is 9.31. The van der Waals surface area contributed by atoms with E-state index in [0.717, 1.165) is 77.6 Å². The second-order valence-corrected chi connectivity index (χ2v) is 8.50. The zero-order valence-electron chi connectivity index (χ0n) is 18.0. The van der Waals surface area contributed by atoms with E-state index in [9.17, 15) is 4.79 Å². The number of piperidine rings is 1. The molecule has 0 radical (unpaired) electrons. The van der Waals surface area contributed by atoms with Crippen LogP contribution in [0, 0.1) is 5.92 Å². The van der Waals surface area contributed by atoms with Crippen LogP contribution in [-0.4, -0.2) is 81.7 Å². The van der Waals surface area contributed by atoms with Gasteiger partial charge in [0.15, 0.2) is 5.96 Å². The minimum Gasteiger partial charge on any atom is -0.444 e. The number of carbonyl (C=O) groups is 1. The summed E-state index contributed by atoms with van der Waals surface area (Å²) in [4.78, 5) is 18.2. The molecule has 0 aromatic rings. The van der Waals surface area contributed by atoms with E-state index in [4.69, 9.17) is 14.2 Å². The molecule has 2 fully saturated rings. The smallest absolute Gasteiger partial charge is 0.410 e. The number of hydrogen-bond donors (Lipinski definition) is 2. The van der Waals surface area contributed by atoms with Crippen LogP contribution < -0.4 is 10.6 Å². The van der Waals surface area contributed by atoms with Gasteiger partial charge in [0.2, 0.25) is 0 Å². The molecule has 2 aliphatic heterocycles. The summed E-state index contributed by atoms with van der Waals surface area (Å²) >= 11 is 0. The van der Waals surface area contributed by atoms with E-state index >= 15 is 0 Å². The summed E-state index contributed by atoms with van der Waals surface area (Å²) in [5.74, 6) is 1.35. The Morgan fingerprint density at radius 3 is 2.57 bits per heavy atom. The van der Waals surface area contributed by atoms with Gasteiger partial charge in [-0.25, -0.2) is 4.79 Å². The van der Waals surface area contributed by atoms with Gasteiger partial charge < -0.3 is 29.7 Å². The average Bonchev–Trinajstić information content (AvgIpc) is 3.16. The molecule has 28 heavy (non-hydrogen) atoms. The molecule has 1 atom stereocenters.